The van der Waals surface area contributed by atoms with E-state index in [1.54, 1.807) is 24.3 Å². The van der Waals surface area contributed by atoms with Gasteiger partial charge in [0.1, 0.15) is 5.82 Å². The number of carbonyl (C=O) groups is 1. The number of amides is 1. The molecule has 1 amide bonds. The molecule has 0 spiro atoms. The Morgan fingerprint density at radius 3 is 2.52 bits per heavy atom. The largest absolute Gasteiger partial charge is 0.325 e. The summed E-state index contributed by atoms with van der Waals surface area (Å²) in [6.45, 7) is 0. The van der Waals surface area contributed by atoms with Crippen LogP contribution in [0.25, 0.3) is 0 Å². The van der Waals surface area contributed by atoms with Gasteiger partial charge in [-0.2, -0.15) is 0 Å². The lowest BCUT2D eigenvalue weighted by atomic mass is 10.2. The summed E-state index contributed by atoms with van der Waals surface area (Å²) >= 11 is 1.40. The third-order valence-electron chi connectivity index (χ3n) is 2.96. The summed E-state index contributed by atoms with van der Waals surface area (Å²) in [6.07, 6.45) is 1.12. The van der Waals surface area contributed by atoms with Gasteiger partial charge in [-0.3, -0.25) is 4.79 Å². The van der Waals surface area contributed by atoms with Crippen molar-refractivity contribution >= 4 is 33.2 Å². The highest BCUT2D eigenvalue weighted by Crippen LogP contribution is 2.17. The van der Waals surface area contributed by atoms with E-state index in [2.05, 4.69) is 5.32 Å². The van der Waals surface area contributed by atoms with Gasteiger partial charge in [0.25, 0.3) is 0 Å². The van der Waals surface area contributed by atoms with Crippen molar-refractivity contribution in [3.63, 3.8) is 0 Å². The molecular weight excluding hydrogens is 337 g/mol. The maximum atomic E-state index is 12.8. The molecule has 2 rings (SSSR count). The Hall–Kier alpha value is -1.86. The van der Waals surface area contributed by atoms with Crippen LogP contribution in [0, 0.1) is 5.82 Å². The zero-order valence-electron chi connectivity index (χ0n) is 12.5. The third-order valence-corrected chi connectivity index (χ3v) is 5.08. The fourth-order valence-corrected chi connectivity index (χ4v) is 3.30. The Labute approximate surface area is 139 Å². The van der Waals surface area contributed by atoms with Crippen LogP contribution in [0.5, 0.6) is 0 Å². The number of benzene rings is 2. The van der Waals surface area contributed by atoms with Crippen LogP contribution in [0.1, 0.15) is 5.56 Å². The molecule has 0 fully saturated rings. The molecule has 122 valence electrons. The topological polar surface area (TPSA) is 63.2 Å². The number of nitrogens with one attached hydrogen (secondary N) is 1. The van der Waals surface area contributed by atoms with E-state index in [0.29, 0.717) is 11.4 Å². The molecule has 0 aliphatic carbocycles. The fourth-order valence-electron chi connectivity index (χ4n) is 1.84. The first-order chi connectivity index (χ1) is 10.8. The second-order valence-corrected chi connectivity index (χ2v) is 7.97. The second kappa shape index (κ2) is 7.61. The van der Waals surface area contributed by atoms with Gasteiger partial charge in [0.2, 0.25) is 5.91 Å². The van der Waals surface area contributed by atoms with Crippen molar-refractivity contribution in [2.75, 3.05) is 17.3 Å². The van der Waals surface area contributed by atoms with Crippen LogP contribution in [0.4, 0.5) is 10.1 Å². The molecule has 0 aliphatic heterocycles. The zero-order chi connectivity index (χ0) is 16.9. The van der Waals surface area contributed by atoms with E-state index in [4.69, 9.17) is 0 Å². The van der Waals surface area contributed by atoms with Crippen molar-refractivity contribution in [2.45, 2.75) is 10.6 Å². The Morgan fingerprint density at radius 1 is 1.17 bits per heavy atom. The highest BCUT2D eigenvalue weighted by atomic mass is 32.2. The lowest BCUT2D eigenvalue weighted by Crippen LogP contribution is -2.14. The van der Waals surface area contributed by atoms with Gasteiger partial charge in [-0.1, -0.05) is 18.2 Å². The number of hydrogen-bond acceptors (Lipinski definition) is 4. The normalized spacial score (nSPS) is 11.2. The molecule has 2 aromatic rings. The van der Waals surface area contributed by atoms with E-state index in [1.165, 1.54) is 36.0 Å². The lowest BCUT2D eigenvalue weighted by Gasteiger charge is -2.07. The standard InChI is InChI=1S/C16H16FNO3S2/c1-23(20,21)15-4-2-3-14(9-15)18-16(19)11-22-10-12-5-7-13(17)8-6-12/h2-9H,10-11H2,1H3,(H,18,19). The average Bonchev–Trinajstić information content (AvgIpc) is 2.49. The monoisotopic (exact) mass is 353 g/mol. The van der Waals surface area contributed by atoms with E-state index in [9.17, 15) is 17.6 Å². The number of carbonyl (C=O) groups excluding carboxylic acids is 1. The van der Waals surface area contributed by atoms with Crippen LogP contribution >= 0.6 is 11.8 Å². The summed E-state index contributed by atoms with van der Waals surface area (Å²) in [5, 5.41) is 2.67. The highest BCUT2D eigenvalue weighted by molar-refractivity contribution is 7.99. The van der Waals surface area contributed by atoms with Crippen LogP contribution in [0.15, 0.2) is 53.4 Å². The van der Waals surface area contributed by atoms with Gasteiger partial charge in [-0.05, 0) is 35.9 Å². The minimum absolute atomic E-state index is 0.161. The van der Waals surface area contributed by atoms with Crippen LogP contribution in [0.2, 0.25) is 0 Å². The maximum Gasteiger partial charge on any atom is 0.234 e. The summed E-state index contributed by atoms with van der Waals surface area (Å²) in [4.78, 5) is 12.0. The van der Waals surface area contributed by atoms with E-state index >= 15 is 0 Å². The number of halogens is 1. The summed E-state index contributed by atoms with van der Waals surface area (Å²) in [5.41, 5.74) is 1.38. The molecular formula is C16H16FNO3S2. The van der Waals surface area contributed by atoms with Crippen LogP contribution < -0.4 is 5.32 Å². The predicted molar refractivity (Wildman–Crippen MR) is 90.7 cm³/mol. The second-order valence-electron chi connectivity index (χ2n) is 4.97. The summed E-state index contributed by atoms with van der Waals surface area (Å²) in [6, 6.07) is 12.2. The fraction of sp³-hybridized carbons (Fsp3) is 0.188. The molecule has 0 heterocycles. The van der Waals surface area contributed by atoms with Gasteiger partial charge in [-0.25, -0.2) is 12.8 Å². The van der Waals surface area contributed by atoms with Crippen LogP contribution in [-0.4, -0.2) is 26.3 Å². The Kier molecular flexibility index (Phi) is 5.79. The summed E-state index contributed by atoms with van der Waals surface area (Å²) < 4.78 is 35.7. The quantitative estimate of drug-likeness (QED) is 0.867. The molecule has 0 saturated carbocycles. The lowest BCUT2D eigenvalue weighted by molar-refractivity contribution is -0.113. The molecule has 7 heteroatoms. The first kappa shape index (κ1) is 17.5. The van der Waals surface area contributed by atoms with Gasteiger partial charge in [0, 0.05) is 17.7 Å². The number of rotatable bonds is 6. The molecule has 0 atom stereocenters. The van der Waals surface area contributed by atoms with E-state index in [0.717, 1.165) is 11.8 Å². The van der Waals surface area contributed by atoms with Gasteiger partial charge in [-0.15, -0.1) is 11.8 Å². The Morgan fingerprint density at radius 2 is 1.87 bits per heavy atom. The van der Waals surface area contributed by atoms with Crippen LogP contribution in [0.3, 0.4) is 0 Å². The molecule has 2 aromatic carbocycles. The first-order valence-electron chi connectivity index (χ1n) is 6.77. The SMILES string of the molecule is CS(=O)(=O)c1cccc(NC(=O)CSCc2ccc(F)cc2)c1. The van der Waals surface area contributed by atoms with Gasteiger partial charge >= 0.3 is 0 Å². The van der Waals surface area contributed by atoms with Crippen molar-refractivity contribution in [3.8, 4) is 0 Å². The minimum atomic E-state index is -3.30. The number of sulfone groups is 1. The highest BCUT2D eigenvalue weighted by Gasteiger charge is 2.09. The van der Waals surface area contributed by atoms with E-state index in [-0.39, 0.29) is 22.4 Å². The average molecular weight is 353 g/mol. The zero-order valence-corrected chi connectivity index (χ0v) is 14.1. The first-order valence-corrected chi connectivity index (χ1v) is 9.81. The molecule has 23 heavy (non-hydrogen) atoms. The number of anilines is 1. The molecule has 0 bridgehead atoms. The summed E-state index contributed by atoms with van der Waals surface area (Å²) in [5.74, 6) is 0.308. The van der Waals surface area contributed by atoms with E-state index < -0.39 is 9.84 Å². The minimum Gasteiger partial charge on any atom is -0.325 e. The molecule has 0 aromatic heterocycles. The van der Waals surface area contributed by atoms with E-state index in [1.807, 2.05) is 0 Å². The summed E-state index contributed by atoms with van der Waals surface area (Å²) in [7, 11) is -3.30. The van der Waals surface area contributed by atoms with Crippen molar-refractivity contribution in [1.82, 2.24) is 0 Å². The smallest absolute Gasteiger partial charge is 0.234 e. The maximum absolute atomic E-state index is 12.8. The molecule has 4 nitrogen and oxygen atoms in total. The van der Waals surface area contributed by atoms with Crippen molar-refractivity contribution in [2.24, 2.45) is 0 Å². The number of hydrogen-bond donors (Lipinski definition) is 1. The van der Waals surface area contributed by atoms with Gasteiger partial charge < -0.3 is 5.32 Å². The Balaban J connectivity index is 1.86. The van der Waals surface area contributed by atoms with Crippen molar-refractivity contribution in [1.29, 1.82) is 0 Å². The van der Waals surface area contributed by atoms with Crippen molar-refractivity contribution in [3.05, 3.63) is 59.9 Å². The third kappa shape index (κ3) is 5.69. The van der Waals surface area contributed by atoms with Gasteiger partial charge in [0.15, 0.2) is 9.84 Å². The molecule has 0 unspecified atom stereocenters. The van der Waals surface area contributed by atoms with Crippen LogP contribution in [-0.2, 0) is 20.4 Å². The molecule has 0 aliphatic rings. The van der Waals surface area contributed by atoms with Crippen molar-refractivity contribution < 1.29 is 17.6 Å². The molecule has 0 saturated heterocycles. The predicted octanol–water partition coefficient (Wildman–Crippen LogP) is 3.10. The number of thioether (sulfide) groups is 1. The molecule has 0 radical (unpaired) electrons. The molecule has 1 N–H and O–H groups in total. The Bertz CT molecular complexity index is 789. The van der Waals surface area contributed by atoms with Gasteiger partial charge in [0.05, 0.1) is 10.6 Å².